The van der Waals surface area contributed by atoms with Crippen LogP contribution in [0, 0.1) is 6.92 Å². The number of likely N-dealkylation sites (tertiary alicyclic amines) is 1. The molecule has 5 rings (SSSR count). The van der Waals surface area contributed by atoms with E-state index in [0.717, 1.165) is 41.5 Å². The summed E-state index contributed by atoms with van der Waals surface area (Å²) in [5.74, 6) is -0.0972. The fourth-order valence-corrected chi connectivity index (χ4v) is 5.74. The van der Waals surface area contributed by atoms with Gasteiger partial charge in [0, 0.05) is 35.6 Å². The maximum Gasteiger partial charge on any atom is 0.255 e. The Bertz CT molecular complexity index is 1080. The van der Waals surface area contributed by atoms with Gasteiger partial charge in [-0.15, -0.1) is 11.3 Å². The summed E-state index contributed by atoms with van der Waals surface area (Å²) in [4.78, 5) is 45.2. The molecule has 2 saturated heterocycles. The number of nitrogens with one attached hydrogen (secondary N) is 1. The first-order valence-electron chi connectivity index (χ1n) is 11.5. The third-order valence-electron chi connectivity index (χ3n) is 6.69. The van der Waals surface area contributed by atoms with Crippen molar-refractivity contribution in [3.8, 4) is 5.75 Å². The zero-order chi connectivity index (χ0) is 22.9. The van der Waals surface area contributed by atoms with E-state index in [-0.39, 0.29) is 18.2 Å². The molecule has 0 spiro atoms. The highest BCUT2D eigenvalue weighted by atomic mass is 32.1. The summed E-state index contributed by atoms with van der Waals surface area (Å²) < 4.78 is 6.18. The molecule has 2 fully saturated rings. The molecule has 8 nitrogen and oxygen atoms in total. The maximum atomic E-state index is 12.9. The van der Waals surface area contributed by atoms with Crippen LogP contribution in [0.15, 0.2) is 23.6 Å². The Balaban J connectivity index is 1.23. The zero-order valence-electron chi connectivity index (χ0n) is 18.7. The average Bonchev–Trinajstić information content (AvgIpc) is 3.35. The molecule has 4 heterocycles. The van der Waals surface area contributed by atoms with Gasteiger partial charge < -0.3 is 9.64 Å². The minimum atomic E-state index is -0.600. The van der Waals surface area contributed by atoms with Gasteiger partial charge in [0.1, 0.15) is 23.4 Å². The number of aryl methyl sites for hydroxylation is 1. The minimum Gasteiger partial charge on any atom is -0.492 e. The van der Waals surface area contributed by atoms with Gasteiger partial charge in [-0.3, -0.25) is 24.6 Å². The Labute approximate surface area is 196 Å². The van der Waals surface area contributed by atoms with Crippen LogP contribution >= 0.6 is 11.3 Å². The molecule has 1 aromatic heterocycles. The predicted octanol–water partition coefficient (Wildman–Crippen LogP) is 2.65. The van der Waals surface area contributed by atoms with Crippen molar-refractivity contribution in [3.63, 3.8) is 0 Å². The molecule has 3 amide bonds. The summed E-state index contributed by atoms with van der Waals surface area (Å²) in [6, 6.07) is 5.27. The fraction of sp³-hybridized carbons (Fsp3) is 0.500. The highest BCUT2D eigenvalue weighted by Gasteiger charge is 2.39. The van der Waals surface area contributed by atoms with Gasteiger partial charge in [0.25, 0.3) is 5.91 Å². The number of piperidine rings is 2. The number of fused-ring (bicyclic) bond motifs is 1. The van der Waals surface area contributed by atoms with Gasteiger partial charge in [-0.25, -0.2) is 4.98 Å². The van der Waals surface area contributed by atoms with Crippen molar-refractivity contribution in [2.24, 2.45) is 0 Å². The van der Waals surface area contributed by atoms with E-state index < -0.39 is 11.9 Å². The second kappa shape index (κ2) is 9.23. The van der Waals surface area contributed by atoms with Crippen molar-refractivity contribution in [1.82, 2.24) is 20.1 Å². The number of nitrogens with zero attached hydrogens (tertiary/aromatic N) is 3. The van der Waals surface area contributed by atoms with Crippen LogP contribution in [-0.4, -0.2) is 57.7 Å². The van der Waals surface area contributed by atoms with Crippen LogP contribution in [0.1, 0.15) is 58.7 Å². The van der Waals surface area contributed by atoms with Gasteiger partial charge in [-0.05, 0) is 56.5 Å². The van der Waals surface area contributed by atoms with Gasteiger partial charge in [0.05, 0.1) is 6.54 Å². The van der Waals surface area contributed by atoms with E-state index in [2.05, 4.69) is 20.6 Å². The van der Waals surface area contributed by atoms with Crippen molar-refractivity contribution < 1.29 is 19.1 Å². The summed E-state index contributed by atoms with van der Waals surface area (Å²) in [7, 11) is 0. The number of amides is 3. The Kier molecular flexibility index (Phi) is 6.16. The SMILES string of the molecule is Cc1csc(CN2CCCCC2COc2ccc3c(c2)CN(C2CCC(=O)NC2=O)C3=O)n1. The van der Waals surface area contributed by atoms with Crippen LogP contribution < -0.4 is 10.1 Å². The third kappa shape index (κ3) is 4.65. The third-order valence-corrected chi connectivity index (χ3v) is 7.64. The molecule has 2 unspecified atom stereocenters. The molecule has 2 aromatic rings. The van der Waals surface area contributed by atoms with Gasteiger partial charge in [-0.2, -0.15) is 0 Å². The highest BCUT2D eigenvalue weighted by molar-refractivity contribution is 7.09. The monoisotopic (exact) mass is 468 g/mol. The molecular weight excluding hydrogens is 440 g/mol. The maximum absolute atomic E-state index is 12.9. The van der Waals surface area contributed by atoms with E-state index in [0.29, 0.717) is 31.2 Å². The number of hydrogen-bond donors (Lipinski definition) is 1. The smallest absolute Gasteiger partial charge is 0.255 e. The van der Waals surface area contributed by atoms with Crippen molar-refractivity contribution in [1.29, 1.82) is 0 Å². The number of carbonyl (C=O) groups excluding carboxylic acids is 3. The topological polar surface area (TPSA) is 91.8 Å². The molecule has 174 valence electrons. The molecule has 1 N–H and O–H groups in total. The standard InChI is InChI=1S/C24H28N4O4S/c1-15-14-33-22(25-15)12-27-9-3-2-4-17(27)13-32-18-5-6-19-16(10-18)11-28(24(19)31)20-7-8-21(29)26-23(20)30/h5-6,10,14,17,20H,2-4,7-9,11-13H2,1H3,(H,26,29,30). The predicted molar refractivity (Wildman–Crippen MR) is 123 cm³/mol. The zero-order valence-corrected chi connectivity index (χ0v) is 19.5. The lowest BCUT2D eigenvalue weighted by Crippen LogP contribution is -2.52. The van der Waals surface area contributed by atoms with E-state index >= 15 is 0 Å². The first kappa shape index (κ1) is 22.0. The lowest BCUT2D eigenvalue weighted by molar-refractivity contribution is -0.136. The van der Waals surface area contributed by atoms with Crippen LogP contribution in [-0.2, 0) is 22.7 Å². The summed E-state index contributed by atoms with van der Waals surface area (Å²) >= 11 is 1.71. The number of imide groups is 1. The first-order valence-corrected chi connectivity index (χ1v) is 12.4. The molecular formula is C24H28N4O4S. The van der Waals surface area contributed by atoms with E-state index in [1.807, 2.05) is 19.1 Å². The van der Waals surface area contributed by atoms with E-state index in [9.17, 15) is 14.4 Å². The van der Waals surface area contributed by atoms with E-state index in [1.165, 1.54) is 12.8 Å². The summed E-state index contributed by atoms with van der Waals surface area (Å²) in [6.07, 6.45) is 4.10. The van der Waals surface area contributed by atoms with Crippen LogP contribution in [0.4, 0.5) is 0 Å². The Hall–Kier alpha value is -2.78. The number of benzene rings is 1. The summed E-state index contributed by atoms with van der Waals surface area (Å²) in [6.45, 7) is 4.87. The molecule has 0 aliphatic carbocycles. The van der Waals surface area contributed by atoms with Crippen molar-refractivity contribution >= 4 is 29.1 Å². The largest absolute Gasteiger partial charge is 0.492 e. The number of aromatic nitrogens is 1. The number of rotatable bonds is 6. The summed E-state index contributed by atoms with van der Waals surface area (Å²) in [5, 5.41) is 5.57. The van der Waals surface area contributed by atoms with Crippen LogP contribution in [0.3, 0.4) is 0 Å². The van der Waals surface area contributed by atoms with Gasteiger partial charge >= 0.3 is 0 Å². The van der Waals surface area contributed by atoms with Gasteiger partial charge in [-0.1, -0.05) is 6.42 Å². The Morgan fingerprint density at radius 3 is 2.88 bits per heavy atom. The molecule has 3 aliphatic rings. The summed E-state index contributed by atoms with van der Waals surface area (Å²) in [5.41, 5.74) is 2.53. The molecule has 0 radical (unpaired) electrons. The van der Waals surface area contributed by atoms with Crippen molar-refractivity contribution in [2.45, 2.75) is 64.2 Å². The lowest BCUT2D eigenvalue weighted by atomic mass is 10.0. The van der Waals surface area contributed by atoms with E-state index in [1.54, 1.807) is 22.3 Å². The minimum absolute atomic E-state index is 0.164. The van der Waals surface area contributed by atoms with Gasteiger partial charge in [0.2, 0.25) is 11.8 Å². The fourth-order valence-electron chi connectivity index (χ4n) is 4.94. The van der Waals surface area contributed by atoms with Crippen molar-refractivity contribution in [2.75, 3.05) is 13.2 Å². The molecule has 0 saturated carbocycles. The van der Waals surface area contributed by atoms with Crippen LogP contribution in [0.5, 0.6) is 5.75 Å². The van der Waals surface area contributed by atoms with Crippen LogP contribution in [0.2, 0.25) is 0 Å². The molecule has 1 aromatic carbocycles. The van der Waals surface area contributed by atoms with Crippen LogP contribution in [0.25, 0.3) is 0 Å². The lowest BCUT2D eigenvalue weighted by Gasteiger charge is -2.34. The van der Waals surface area contributed by atoms with E-state index in [4.69, 9.17) is 4.74 Å². The molecule has 2 atom stereocenters. The average molecular weight is 469 g/mol. The number of thiazole rings is 1. The Morgan fingerprint density at radius 2 is 2.09 bits per heavy atom. The second-order valence-electron chi connectivity index (χ2n) is 9.03. The first-order chi connectivity index (χ1) is 16.0. The number of hydrogen-bond acceptors (Lipinski definition) is 7. The normalized spacial score (nSPS) is 23.5. The quantitative estimate of drug-likeness (QED) is 0.656. The molecule has 9 heteroatoms. The number of carbonyl (C=O) groups is 3. The molecule has 3 aliphatic heterocycles. The van der Waals surface area contributed by atoms with Gasteiger partial charge in [0.15, 0.2) is 0 Å². The second-order valence-corrected chi connectivity index (χ2v) is 9.98. The molecule has 33 heavy (non-hydrogen) atoms. The number of ether oxygens (including phenoxy) is 1. The molecule has 0 bridgehead atoms. The highest BCUT2D eigenvalue weighted by Crippen LogP contribution is 2.30. The van der Waals surface area contributed by atoms with Crippen molar-refractivity contribution in [3.05, 3.63) is 45.4 Å². The Morgan fingerprint density at radius 1 is 1.21 bits per heavy atom.